The van der Waals surface area contributed by atoms with E-state index in [-0.39, 0.29) is 30.2 Å². The van der Waals surface area contributed by atoms with Crippen LogP contribution in [0.5, 0.6) is 0 Å². The zero-order chi connectivity index (χ0) is 16.2. The summed E-state index contributed by atoms with van der Waals surface area (Å²) in [5, 5.41) is 11.8. The first kappa shape index (κ1) is 15.7. The molecule has 1 aromatic heterocycles. The Hall–Kier alpha value is -2.18. The van der Waals surface area contributed by atoms with Gasteiger partial charge >= 0.3 is 5.97 Å². The van der Waals surface area contributed by atoms with Crippen molar-refractivity contribution in [3.63, 3.8) is 0 Å². The second-order valence-corrected chi connectivity index (χ2v) is 6.47. The monoisotopic (exact) mass is 318 g/mol. The standard InChI is InChI=1S/C16H22N4O3/c21-15(22)9-11-7-13(8-11)19-16(23)12-1-5-20(6-2-12)14-10-17-3-4-18-14/h3-4,10-13H,1-2,5-9H2,(H,19,23)(H,21,22). The average molecular weight is 318 g/mol. The van der Waals surface area contributed by atoms with Crippen molar-refractivity contribution in [2.45, 2.75) is 38.1 Å². The molecule has 1 aromatic rings. The third kappa shape index (κ3) is 3.97. The Kier molecular flexibility index (Phi) is 4.73. The van der Waals surface area contributed by atoms with Gasteiger partial charge in [0.05, 0.1) is 6.20 Å². The smallest absolute Gasteiger partial charge is 0.303 e. The fraction of sp³-hybridized carbons (Fsp3) is 0.625. The maximum atomic E-state index is 12.3. The number of carbonyl (C=O) groups is 2. The lowest BCUT2D eigenvalue weighted by atomic mass is 9.78. The van der Waals surface area contributed by atoms with Crippen LogP contribution in [0.3, 0.4) is 0 Å². The number of hydrogen-bond acceptors (Lipinski definition) is 5. The molecule has 0 atom stereocenters. The molecule has 23 heavy (non-hydrogen) atoms. The Balaban J connectivity index is 1.40. The van der Waals surface area contributed by atoms with Gasteiger partial charge in [0.1, 0.15) is 5.82 Å². The van der Waals surface area contributed by atoms with Crippen molar-refractivity contribution < 1.29 is 14.7 Å². The molecule has 2 heterocycles. The number of carboxylic acids is 1. The van der Waals surface area contributed by atoms with E-state index < -0.39 is 5.97 Å². The van der Waals surface area contributed by atoms with Crippen LogP contribution in [0, 0.1) is 11.8 Å². The van der Waals surface area contributed by atoms with Crippen molar-refractivity contribution in [2.75, 3.05) is 18.0 Å². The van der Waals surface area contributed by atoms with Gasteiger partial charge in [0, 0.05) is 43.9 Å². The third-order valence-electron chi connectivity index (χ3n) is 4.78. The third-order valence-corrected chi connectivity index (χ3v) is 4.78. The van der Waals surface area contributed by atoms with E-state index in [0.29, 0.717) is 0 Å². The molecule has 1 saturated carbocycles. The molecule has 0 aromatic carbocycles. The number of hydrogen-bond donors (Lipinski definition) is 2. The Bertz CT molecular complexity index is 552. The maximum absolute atomic E-state index is 12.3. The van der Waals surface area contributed by atoms with E-state index in [1.54, 1.807) is 18.6 Å². The normalized spacial score (nSPS) is 24.8. The van der Waals surface area contributed by atoms with Gasteiger partial charge in [-0.05, 0) is 31.6 Å². The lowest BCUT2D eigenvalue weighted by molar-refractivity contribution is -0.139. The van der Waals surface area contributed by atoms with Crippen LogP contribution in [-0.4, -0.2) is 46.1 Å². The van der Waals surface area contributed by atoms with E-state index in [1.807, 2.05) is 0 Å². The minimum Gasteiger partial charge on any atom is -0.481 e. The van der Waals surface area contributed by atoms with Crippen LogP contribution in [0.1, 0.15) is 32.1 Å². The fourth-order valence-electron chi connectivity index (χ4n) is 3.41. The van der Waals surface area contributed by atoms with E-state index >= 15 is 0 Å². The molecule has 1 aliphatic carbocycles. The largest absolute Gasteiger partial charge is 0.481 e. The second-order valence-electron chi connectivity index (χ2n) is 6.47. The topological polar surface area (TPSA) is 95.4 Å². The van der Waals surface area contributed by atoms with Crippen molar-refractivity contribution >= 4 is 17.7 Å². The van der Waals surface area contributed by atoms with Gasteiger partial charge in [0.15, 0.2) is 0 Å². The number of carboxylic acid groups (broad SMARTS) is 1. The van der Waals surface area contributed by atoms with Crippen LogP contribution in [0.2, 0.25) is 0 Å². The highest BCUT2D eigenvalue weighted by atomic mass is 16.4. The summed E-state index contributed by atoms with van der Waals surface area (Å²) >= 11 is 0. The Morgan fingerprint density at radius 1 is 1.26 bits per heavy atom. The molecule has 1 aliphatic heterocycles. The van der Waals surface area contributed by atoms with E-state index in [4.69, 9.17) is 5.11 Å². The first-order chi connectivity index (χ1) is 11.1. The van der Waals surface area contributed by atoms with Gasteiger partial charge in [0.25, 0.3) is 0 Å². The highest BCUT2D eigenvalue weighted by Crippen LogP contribution is 2.31. The molecule has 7 heteroatoms. The zero-order valence-electron chi connectivity index (χ0n) is 13.0. The average Bonchev–Trinajstić information content (AvgIpc) is 2.53. The van der Waals surface area contributed by atoms with E-state index in [0.717, 1.165) is 44.6 Å². The molecule has 0 bridgehead atoms. The van der Waals surface area contributed by atoms with Crippen LogP contribution in [0.15, 0.2) is 18.6 Å². The summed E-state index contributed by atoms with van der Waals surface area (Å²) in [6.07, 6.45) is 8.49. The van der Waals surface area contributed by atoms with Crippen LogP contribution in [-0.2, 0) is 9.59 Å². The van der Waals surface area contributed by atoms with Gasteiger partial charge in [-0.2, -0.15) is 0 Å². The van der Waals surface area contributed by atoms with Crippen LogP contribution >= 0.6 is 0 Å². The fourth-order valence-corrected chi connectivity index (χ4v) is 3.41. The highest BCUT2D eigenvalue weighted by Gasteiger charge is 2.34. The first-order valence-electron chi connectivity index (χ1n) is 8.15. The van der Waals surface area contributed by atoms with Crippen molar-refractivity contribution in [3.05, 3.63) is 18.6 Å². The molecule has 0 radical (unpaired) electrons. The zero-order valence-corrected chi connectivity index (χ0v) is 13.0. The Morgan fingerprint density at radius 2 is 2.00 bits per heavy atom. The van der Waals surface area contributed by atoms with Gasteiger partial charge in [-0.1, -0.05) is 0 Å². The lowest BCUT2D eigenvalue weighted by Crippen LogP contribution is -2.49. The summed E-state index contributed by atoms with van der Waals surface area (Å²) in [6, 6.07) is 0.157. The van der Waals surface area contributed by atoms with Crippen molar-refractivity contribution in [3.8, 4) is 0 Å². The van der Waals surface area contributed by atoms with Gasteiger partial charge in [-0.3, -0.25) is 14.6 Å². The van der Waals surface area contributed by atoms with Crippen molar-refractivity contribution in [1.29, 1.82) is 0 Å². The van der Waals surface area contributed by atoms with E-state index in [1.165, 1.54) is 0 Å². The minimum atomic E-state index is -0.754. The summed E-state index contributed by atoms with van der Waals surface area (Å²) in [4.78, 5) is 33.4. The number of anilines is 1. The van der Waals surface area contributed by atoms with Gasteiger partial charge in [0.2, 0.25) is 5.91 Å². The van der Waals surface area contributed by atoms with Crippen molar-refractivity contribution in [2.24, 2.45) is 11.8 Å². The van der Waals surface area contributed by atoms with E-state index in [9.17, 15) is 9.59 Å². The number of rotatable bonds is 5. The molecule has 0 spiro atoms. The SMILES string of the molecule is O=C(O)CC1CC(NC(=O)C2CCN(c3cnccn3)CC2)C1. The molecule has 1 saturated heterocycles. The Morgan fingerprint density at radius 3 is 2.61 bits per heavy atom. The molecule has 1 amide bonds. The van der Waals surface area contributed by atoms with Crippen LogP contribution < -0.4 is 10.2 Å². The molecule has 7 nitrogen and oxygen atoms in total. The number of amides is 1. The number of nitrogens with one attached hydrogen (secondary N) is 1. The van der Waals surface area contributed by atoms with E-state index in [2.05, 4.69) is 20.2 Å². The quantitative estimate of drug-likeness (QED) is 0.843. The number of carbonyl (C=O) groups excluding carboxylic acids is 1. The molecule has 2 aliphatic rings. The summed E-state index contributed by atoms with van der Waals surface area (Å²) in [5.74, 6) is 0.485. The lowest BCUT2D eigenvalue weighted by Gasteiger charge is -2.37. The second kappa shape index (κ2) is 6.93. The van der Waals surface area contributed by atoms with Gasteiger partial charge in [-0.15, -0.1) is 0 Å². The molecular weight excluding hydrogens is 296 g/mol. The predicted octanol–water partition coefficient (Wildman–Crippen LogP) is 1.06. The molecule has 2 fully saturated rings. The molecule has 2 N–H and O–H groups in total. The summed E-state index contributed by atoms with van der Waals surface area (Å²) in [6.45, 7) is 1.62. The number of nitrogens with zero attached hydrogens (tertiary/aromatic N) is 3. The predicted molar refractivity (Wildman–Crippen MR) is 83.9 cm³/mol. The number of aromatic nitrogens is 2. The number of aliphatic carboxylic acids is 1. The first-order valence-corrected chi connectivity index (χ1v) is 8.15. The summed E-state index contributed by atoms with van der Waals surface area (Å²) in [5.41, 5.74) is 0. The summed E-state index contributed by atoms with van der Waals surface area (Å²) < 4.78 is 0. The van der Waals surface area contributed by atoms with Crippen LogP contribution in [0.25, 0.3) is 0 Å². The van der Waals surface area contributed by atoms with Gasteiger partial charge in [-0.25, -0.2) is 4.98 Å². The Labute approximate surface area is 135 Å². The molecule has 0 unspecified atom stereocenters. The molecule has 3 rings (SSSR count). The molecule has 124 valence electrons. The minimum absolute atomic E-state index is 0.0430. The maximum Gasteiger partial charge on any atom is 0.303 e. The summed E-state index contributed by atoms with van der Waals surface area (Å²) in [7, 11) is 0. The molecular formula is C16H22N4O3. The van der Waals surface area contributed by atoms with Crippen molar-refractivity contribution in [1.82, 2.24) is 15.3 Å². The number of piperidine rings is 1. The van der Waals surface area contributed by atoms with Crippen LogP contribution in [0.4, 0.5) is 5.82 Å². The highest BCUT2D eigenvalue weighted by molar-refractivity contribution is 5.79. The van der Waals surface area contributed by atoms with Gasteiger partial charge < -0.3 is 15.3 Å².